The number of hydrogen-bond acceptors (Lipinski definition) is 3. The average Bonchev–Trinajstić information content (AvgIpc) is 2.52. The van der Waals surface area contributed by atoms with Crippen LogP contribution in [0.15, 0.2) is 60.7 Å². The molecule has 1 unspecified atom stereocenters. The van der Waals surface area contributed by atoms with Gasteiger partial charge in [0.1, 0.15) is 0 Å². The van der Waals surface area contributed by atoms with Gasteiger partial charge in [-0.2, -0.15) is 12.6 Å². The van der Waals surface area contributed by atoms with Gasteiger partial charge < -0.3 is 9.84 Å². The first kappa shape index (κ1) is 14.9. The van der Waals surface area contributed by atoms with E-state index < -0.39 is 6.10 Å². The summed E-state index contributed by atoms with van der Waals surface area (Å²) in [6.45, 7) is 0.454. The molecular formula is C17H18O2S. The molecule has 0 aliphatic rings. The molecule has 20 heavy (non-hydrogen) atoms. The molecule has 104 valence electrons. The van der Waals surface area contributed by atoms with E-state index in [1.807, 2.05) is 60.7 Å². The topological polar surface area (TPSA) is 29.5 Å². The van der Waals surface area contributed by atoms with Crippen molar-refractivity contribution in [3.8, 4) is 0 Å². The van der Waals surface area contributed by atoms with Crippen LogP contribution < -0.4 is 0 Å². The summed E-state index contributed by atoms with van der Waals surface area (Å²) >= 11 is 4.03. The minimum Gasteiger partial charge on any atom is -0.384 e. The van der Waals surface area contributed by atoms with Gasteiger partial charge in [0.2, 0.25) is 0 Å². The molecule has 0 aromatic heterocycles. The molecule has 2 rings (SSSR count). The predicted octanol–water partition coefficient (Wildman–Crippen LogP) is 3.84. The molecule has 1 atom stereocenters. The van der Waals surface area contributed by atoms with E-state index in [1.165, 1.54) is 0 Å². The maximum atomic E-state index is 10.3. The van der Waals surface area contributed by atoms with E-state index in [0.717, 1.165) is 16.7 Å². The number of aliphatic hydroxyl groups excluding tert-OH is 1. The largest absolute Gasteiger partial charge is 0.384 e. The lowest BCUT2D eigenvalue weighted by Gasteiger charge is -2.12. The van der Waals surface area contributed by atoms with Gasteiger partial charge in [0, 0.05) is 0 Å². The molecule has 2 aromatic carbocycles. The highest BCUT2D eigenvalue weighted by molar-refractivity contribution is 7.80. The predicted molar refractivity (Wildman–Crippen MR) is 85.5 cm³/mol. The quantitative estimate of drug-likeness (QED) is 0.624. The van der Waals surface area contributed by atoms with E-state index in [2.05, 4.69) is 12.6 Å². The minimum atomic E-state index is -0.644. The van der Waals surface area contributed by atoms with E-state index >= 15 is 0 Å². The van der Waals surface area contributed by atoms with Gasteiger partial charge in [-0.3, -0.25) is 0 Å². The van der Waals surface area contributed by atoms with Crippen LogP contribution in [0.3, 0.4) is 0 Å². The van der Waals surface area contributed by atoms with Crippen molar-refractivity contribution in [1.82, 2.24) is 0 Å². The Morgan fingerprint density at radius 2 is 1.75 bits per heavy atom. The van der Waals surface area contributed by atoms with Crippen LogP contribution in [0.4, 0.5) is 0 Å². The molecule has 0 spiro atoms. The van der Waals surface area contributed by atoms with Gasteiger partial charge >= 0.3 is 0 Å². The zero-order chi connectivity index (χ0) is 14.2. The van der Waals surface area contributed by atoms with E-state index in [9.17, 15) is 5.11 Å². The monoisotopic (exact) mass is 286 g/mol. The summed E-state index contributed by atoms with van der Waals surface area (Å²) in [6.07, 6.45) is 3.06. The second kappa shape index (κ2) is 7.90. The molecular weight excluding hydrogens is 268 g/mol. The number of benzene rings is 2. The second-order valence-electron chi connectivity index (χ2n) is 4.39. The van der Waals surface area contributed by atoms with Crippen LogP contribution in [0.25, 0.3) is 6.08 Å². The normalized spacial score (nSPS) is 12.7. The lowest BCUT2D eigenvalue weighted by atomic mass is 10.0. The molecule has 0 radical (unpaired) electrons. The van der Waals surface area contributed by atoms with Crippen molar-refractivity contribution in [2.75, 3.05) is 5.94 Å². The molecule has 1 N–H and O–H groups in total. The Labute approximate surface area is 125 Å². The Morgan fingerprint density at radius 3 is 2.50 bits per heavy atom. The molecule has 0 amide bonds. The van der Waals surface area contributed by atoms with Crippen molar-refractivity contribution < 1.29 is 9.84 Å². The molecule has 2 aromatic rings. The van der Waals surface area contributed by atoms with Gasteiger partial charge in [0.05, 0.1) is 18.6 Å². The molecule has 0 saturated heterocycles. The molecule has 0 aliphatic carbocycles. The van der Waals surface area contributed by atoms with Gasteiger partial charge in [-0.15, -0.1) is 0 Å². The van der Waals surface area contributed by atoms with E-state index in [4.69, 9.17) is 4.74 Å². The Kier molecular flexibility index (Phi) is 5.87. The minimum absolute atomic E-state index is 0.365. The third-order valence-electron chi connectivity index (χ3n) is 2.99. The van der Waals surface area contributed by atoms with Crippen molar-refractivity contribution in [2.45, 2.75) is 12.7 Å². The first-order valence-corrected chi connectivity index (χ1v) is 7.12. The maximum absolute atomic E-state index is 10.3. The van der Waals surface area contributed by atoms with Gasteiger partial charge in [-0.25, -0.2) is 0 Å². The fourth-order valence-electron chi connectivity index (χ4n) is 1.98. The third kappa shape index (κ3) is 4.23. The zero-order valence-electron chi connectivity index (χ0n) is 11.1. The first-order chi connectivity index (χ1) is 9.81. The van der Waals surface area contributed by atoms with Gasteiger partial charge in [0.15, 0.2) is 0 Å². The smallest absolute Gasteiger partial charge is 0.0978 e. The van der Waals surface area contributed by atoms with Gasteiger partial charge in [0.25, 0.3) is 0 Å². The fourth-order valence-corrected chi connectivity index (χ4v) is 2.07. The van der Waals surface area contributed by atoms with Gasteiger partial charge in [-0.05, 0) is 16.7 Å². The zero-order valence-corrected chi connectivity index (χ0v) is 12.0. The van der Waals surface area contributed by atoms with Crippen LogP contribution >= 0.6 is 12.6 Å². The number of rotatable bonds is 6. The summed E-state index contributed by atoms with van der Waals surface area (Å²) in [5.74, 6) is 0.365. The molecule has 2 nitrogen and oxygen atoms in total. The van der Waals surface area contributed by atoms with Gasteiger partial charge in [-0.1, -0.05) is 66.7 Å². The summed E-state index contributed by atoms with van der Waals surface area (Å²) in [6, 6.07) is 17.6. The average molecular weight is 286 g/mol. The third-order valence-corrected chi connectivity index (χ3v) is 3.18. The number of thiol groups is 1. The van der Waals surface area contributed by atoms with E-state index in [1.54, 1.807) is 6.08 Å². The highest BCUT2D eigenvalue weighted by Crippen LogP contribution is 2.21. The van der Waals surface area contributed by atoms with Crippen molar-refractivity contribution in [3.05, 3.63) is 77.4 Å². The summed E-state index contributed by atoms with van der Waals surface area (Å²) in [7, 11) is 0. The lowest BCUT2D eigenvalue weighted by molar-refractivity contribution is 0.164. The highest BCUT2D eigenvalue weighted by atomic mass is 32.1. The maximum Gasteiger partial charge on any atom is 0.0978 e. The van der Waals surface area contributed by atoms with Crippen molar-refractivity contribution in [2.24, 2.45) is 0 Å². The summed E-state index contributed by atoms with van der Waals surface area (Å²) in [4.78, 5) is 0. The molecule has 0 saturated carbocycles. The standard InChI is InChI=1S/C17H18O2S/c18-17(11-10-14-6-2-1-3-7-14)16-9-5-4-8-15(16)12-19-13-20/h1-11,17-18,20H,12-13H2/b11-10+. The lowest BCUT2D eigenvalue weighted by Crippen LogP contribution is -2.01. The Balaban J connectivity index is 2.12. The Hall–Kier alpha value is -1.55. The molecule has 0 fully saturated rings. The molecule has 0 bridgehead atoms. The SMILES string of the molecule is OC(/C=C/c1ccccc1)c1ccccc1COCS. The Morgan fingerprint density at radius 1 is 1.05 bits per heavy atom. The van der Waals surface area contributed by atoms with Crippen LogP contribution in [0, 0.1) is 0 Å². The molecule has 0 aliphatic heterocycles. The van der Waals surface area contributed by atoms with E-state index in [0.29, 0.717) is 12.5 Å². The van der Waals surface area contributed by atoms with Crippen molar-refractivity contribution >= 4 is 18.7 Å². The molecule has 3 heteroatoms. The van der Waals surface area contributed by atoms with Crippen LogP contribution in [-0.4, -0.2) is 11.0 Å². The number of aliphatic hydroxyl groups is 1. The second-order valence-corrected chi connectivity index (χ2v) is 4.65. The first-order valence-electron chi connectivity index (χ1n) is 6.49. The van der Waals surface area contributed by atoms with Crippen molar-refractivity contribution in [3.63, 3.8) is 0 Å². The van der Waals surface area contributed by atoms with Crippen LogP contribution in [-0.2, 0) is 11.3 Å². The number of ether oxygens (including phenoxy) is 1. The fraction of sp³-hybridized carbons (Fsp3) is 0.176. The highest BCUT2D eigenvalue weighted by Gasteiger charge is 2.08. The Bertz CT molecular complexity index is 552. The summed E-state index contributed by atoms with van der Waals surface area (Å²) < 4.78 is 5.30. The van der Waals surface area contributed by atoms with Crippen LogP contribution in [0.2, 0.25) is 0 Å². The van der Waals surface area contributed by atoms with Crippen LogP contribution in [0.5, 0.6) is 0 Å². The van der Waals surface area contributed by atoms with E-state index in [-0.39, 0.29) is 0 Å². The number of hydrogen-bond donors (Lipinski definition) is 2. The van der Waals surface area contributed by atoms with Crippen LogP contribution in [0.1, 0.15) is 22.8 Å². The van der Waals surface area contributed by atoms with Crippen molar-refractivity contribution in [1.29, 1.82) is 0 Å². The molecule has 0 heterocycles. The summed E-state index contributed by atoms with van der Waals surface area (Å²) in [5.41, 5.74) is 2.91. The summed E-state index contributed by atoms with van der Waals surface area (Å²) in [5, 5.41) is 10.3.